The lowest BCUT2D eigenvalue weighted by molar-refractivity contribution is -0.119. The van der Waals surface area contributed by atoms with E-state index in [0.717, 1.165) is 6.42 Å². The molecule has 0 spiro atoms. The van der Waals surface area contributed by atoms with Crippen molar-refractivity contribution in [1.82, 2.24) is 20.8 Å². The molecular formula is C11H21N5O3. The Balaban J connectivity index is 2.21. The Morgan fingerprint density at radius 2 is 2.21 bits per heavy atom. The van der Waals surface area contributed by atoms with Crippen molar-refractivity contribution in [2.24, 2.45) is 0 Å². The van der Waals surface area contributed by atoms with E-state index in [1.165, 1.54) is 0 Å². The number of rotatable bonds is 10. The molecule has 8 nitrogen and oxygen atoms in total. The molecule has 19 heavy (non-hydrogen) atoms. The van der Waals surface area contributed by atoms with Crippen LogP contribution in [0.3, 0.4) is 0 Å². The predicted molar refractivity (Wildman–Crippen MR) is 69.7 cm³/mol. The van der Waals surface area contributed by atoms with Crippen molar-refractivity contribution in [3.05, 3.63) is 5.89 Å². The SMILES string of the molecule is CCCNC(=O)CNc1nnc(CNCCOC)o1. The van der Waals surface area contributed by atoms with Gasteiger partial charge in [-0.05, 0) is 6.42 Å². The van der Waals surface area contributed by atoms with Crippen LogP contribution in [0.4, 0.5) is 6.01 Å². The normalized spacial score (nSPS) is 10.4. The third-order valence-corrected chi connectivity index (χ3v) is 2.20. The second-order valence-electron chi connectivity index (χ2n) is 3.87. The van der Waals surface area contributed by atoms with Gasteiger partial charge in [-0.15, -0.1) is 5.10 Å². The fourth-order valence-corrected chi connectivity index (χ4v) is 1.25. The van der Waals surface area contributed by atoms with Crippen LogP contribution in [0.1, 0.15) is 19.2 Å². The van der Waals surface area contributed by atoms with Gasteiger partial charge in [-0.3, -0.25) is 4.79 Å². The summed E-state index contributed by atoms with van der Waals surface area (Å²) in [6.45, 7) is 4.59. The number of nitrogens with one attached hydrogen (secondary N) is 3. The van der Waals surface area contributed by atoms with Crippen LogP contribution in [0.5, 0.6) is 0 Å². The largest absolute Gasteiger partial charge is 0.407 e. The average Bonchev–Trinajstić information content (AvgIpc) is 2.87. The molecular weight excluding hydrogens is 250 g/mol. The van der Waals surface area contributed by atoms with Gasteiger partial charge in [0.05, 0.1) is 19.7 Å². The second kappa shape index (κ2) is 9.29. The lowest BCUT2D eigenvalue weighted by Gasteiger charge is -2.02. The number of anilines is 1. The van der Waals surface area contributed by atoms with Crippen molar-refractivity contribution in [2.45, 2.75) is 19.9 Å². The van der Waals surface area contributed by atoms with Gasteiger partial charge in [-0.2, -0.15) is 0 Å². The number of carbonyl (C=O) groups excluding carboxylic acids is 1. The van der Waals surface area contributed by atoms with Gasteiger partial charge in [0.1, 0.15) is 0 Å². The molecule has 0 atom stereocenters. The van der Waals surface area contributed by atoms with Crippen molar-refractivity contribution >= 4 is 11.9 Å². The van der Waals surface area contributed by atoms with Gasteiger partial charge in [0.2, 0.25) is 11.8 Å². The number of aromatic nitrogens is 2. The maximum absolute atomic E-state index is 11.3. The highest BCUT2D eigenvalue weighted by Gasteiger charge is 2.06. The predicted octanol–water partition coefficient (Wildman–Crippen LogP) is -0.256. The second-order valence-corrected chi connectivity index (χ2v) is 3.87. The first-order chi connectivity index (χ1) is 9.26. The number of hydrogen-bond acceptors (Lipinski definition) is 7. The molecule has 0 aliphatic rings. The fraction of sp³-hybridized carbons (Fsp3) is 0.727. The summed E-state index contributed by atoms with van der Waals surface area (Å²) < 4.78 is 10.2. The van der Waals surface area contributed by atoms with Crippen LogP contribution in [-0.2, 0) is 16.1 Å². The number of nitrogens with zero attached hydrogens (tertiary/aromatic N) is 2. The Labute approximate surface area is 112 Å². The summed E-state index contributed by atoms with van der Waals surface area (Å²) in [5, 5.41) is 16.2. The topological polar surface area (TPSA) is 101 Å². The van der Waals surface area contributed by atoms with Gasteiger partial charge >= 0.3 is 6.01 Å². The van der Waals surface area contributed by atoms with Gasteiger partial charge in [0.15, 0.2) is 0 Å². The highest BCUT2D eigenvalue weighted by atomic mass is 16.5. The Kier molecular flexibility index (Phi) is 7.52. The summed E-state index contributed by atoms with van der Waals surface area (Å²) >= 11 is 0. The van der Waals surface area contributed by atoms with E-state index >= 15 is 0 Å². The van der Waals surface area contributed by atoms with E-state index in [9.17, 15) is 4.79 Å². The van der Waals surface area contributed by atoms with E-state index in [0.29, 0.717) is 32.1 Å². The van der Waals surface area contributed by atoms with E-state index in [1.807, 2.05) is 6.92 Å². The van der Waals surface area contributed by atoms with Crippen molar-refractivity contribution in [1.29, 1.82) is 0 Å². The molecule has 0 aromatic carbocycles. The number of ether oxygens (including phenoxy) is 1. The zero-order chi connectivity index (χ0) is 13.9. The van der Waals surface area contributed by atoms with E-state index in [2.05, 4.69) is 26.1 Å². The molecule has 0 aliphatic carbocycles. The molecule has 1 rings (SSSR count). The summed E-state index contributed by atoms with van der Waals surface area (Å²) in [4.78, 5) is 11.3. The summed E-state index contributed by atoms with van der Waals surface area (Å²) in [7, 11) is 1.64. The van der Waals surface area contributed by atoms with Crippen molar-refractivity contribution in [2.75, 3.05) is 38.7 Å². The van der Waals surface area contributed by atoms with Crippen molar-refractivity contribution in [3.63, 3.8) is 0 Å². The zero-order valence-electron chi connectivity index (χ0n) is 11.4. The van der Waals surface area contributed by atoms with Gasteiger partial charge in [-0.25, -0.2) is 0 Å². The Morgan fingerprint density at radius 3 is 2.95 bits per heavy atom. The molecule has 108 valence electrons. The van der Waals surface area contributed by atoms with E-state index in [-0.39, 0.29) is 18.5 Å². The third kappa shape index (κ3) is 6.73. The number of hydrogen-bond donors (Lipinski definition) is 3. The van der Waals surface area contributed by atoms with E-state index in [1.54, 1.807) is 7.11 Å². The summed E-state index contributed by atoms with van der Waals surface area (Å²) in [5.74, 6) is 0.368. The highest BCUT2D eigenvalue weighted by molar-refractivity contribution is 5.79. The van der Waals surface area contributed by atoms with Crippen LogP contribution in [0.15, 0.2) is 4.42 Å². The zero-order valence-corrected chi connectivity index (χ0v) is 11.4. The molecule has 0 saturated heterocycles. The minimum absolute atomic E-state index is 0.0974. The maximum atomic E-state index is 11.3. The van der Waals surface area contributed by atoms with Gasteiger partial charge in [-0.1, -0.05) is 12.0 Å². The number of amides is 1. The van der Waals surface area contributed by atoms with Crippen LogP contribution in [0, 0.1) is 0 Å². The molecule has 0 saturated carbocycles. The molecule has 0 aliphatic heterocycles. The Hall–Kier alpha value is -1.67. The molecule has 1 aromatic heterocycles. The summed E-state index contributed by atoms with van der Waals surface area (Å²) in [6.07, 6.45) is 0.906. The van der Waals surface area contributed by atoms with Gasteiger partial charge < -0.3 is 25.1 Å². The minimum Gasteiger partial charge on any atom is -0.407 e. The van der Waals surface area contributed by atoms with Gasteiger partial charge in [0, 0.05) is 20.2 Å². The van der Waals surface area contributed by atoms with Crippen LogP contribution >= 0.6 is 0 Å². The smallest absolute Gasteiger partial charge is 0.315 e. The quantitative estimate of drug-likeness (QED) is 0.504. The Bertz CT molecular complexity index is 369. The summed E-state index contributed by atoms with van der Waals surface area (Å²) in [6, 6.07) is 0.246. The van der Waals surface area contributed by atoms with Crippen LogP contribution in [0.25, 0.3) is 0 Å². The fourth-order valence-electron chi connectivity index (χ4n) is 1.25. The van der Waals surface area contributed by atoms with Crippen molar-refractivity contribution in [3.8, 4) is 0 Å². The molecule has 8 heteroatoms. The molecule has 1 amide bonds. The van der Waals surface area contributed by atoms with Crippen LogP contribution < -0.4 is 16.0 Å². The lowest BCUT2D eigenvalue weighted by Crippen LogP contribution is -2.30. The molecule has 0 fully saturated rings. The number of carbonyl (C=O) groups is 1. The highest BCUT2D eigenvalue weighted by Crippen LogP contribution is 2.04. The maximum Gasteiger partial charge on any atom is 0.315 e. The molecule has 0 unspecified atom stereocenters. The molecule has 3 N–H and O–H groups in total. The van der Waals surface area contributed by atoms with E-state index < -0.39 is 0 Å². The lowest BCUT2D eigenvalue weighted by atomic mass is 10.4. The number of methoxy groups -OCH3 is 1. The van der Waals surface area contributed by atoms with Crippen molar-refractivity contribution < 1.29 is 13.9 Å². The molecule has 1 aromatic rings. The molecule has 0 bridgehead atoms. The first-order valence-electron chi connectivity index (χ1n) is 6.28. The van der Waals surface area contributed by atoms with Crippen LogP contribution in [-0.4, -0.2) is 49.5 Å². The van der Waals surface area contributed by atoms with Gasteiger partial charge in [0.25, 0.3) is 0 Å². The molecule has 0 radical (unpaired) electrons. The average molecular weight is 271 g/mol. The third-order valence-electron chi connectivity index (χ3n) is 2.20. The Morgan fingerprint density at radius 1 is 1.37 bits per heavy atom. The standard InChI is InChI=1S/C11H21N5O3/c1-3-4-13-9(17)7-14-11-16-15-10(19-11)8-12-5-6-18-2/h12H,3-8H2,1-2H3,(H,13,17)(H,14,16). The molecule has 1 heterocycles. The minimum atomic E-state index is -0.0974. The first-order valence-corrected chi connectivity index (χ1v) is 6.28. The monoisotopic (exact) mass is 271 g/mol. The summed E-state index contributed by atoms with van der Waals surface area (Å²) in [5.41, 5.74) is 0. The van der Waals surface area contributed by atoms with Crippen LogP contribution in [0.2, 0.25) is 0 Å². The van der Waals surface area contributed by atoms with E-state index in [4.69, 9.17) is 9.15 Å². The first kappa shape index (κ1) is 15.4.